The van der Waals surface area contributed by atoms with E-state index in [1.807, 2.05) is 13.8 Å². The molecule has 0 unspecified atom stereocenters. The molecule has 0 bridgehead atoms. The first-order chi connectivity index (χ1) is 26.5. The molecule has 0 radical (unpaired) electrons. The van der Waals surface area contributed by atoms with Gasteiger partial charge in [0.05, 0.1) is 23.3 Å². The average molecular weight is 844 g/mol. The van der Waals surface area contributed by atoms with E-state index >= 15 is 0 Å². The molecule has 0 saturated heterocycles. The van der Waals surface area contributed by atoms with Gasteiger partial charge in [-0.25, -0.2) is 9.37 Å². The minimum absolute atomic E-state index is 0.00368. The fourth-order valence-electron chi connectivity index (χ4n) is 4.98. The number of ether oxygens (including phenoxy) is 1. The van der Waals surface area contributed by atoms with Crippen LogP contribution in [0, 0.1) is 5.82 Å². The van der Waals surface area contributed by atoms with E-state index in [2.05, 4.69) is 30.4 Å². The number of carbonyl (C=O) groups excluding carboxylic acids is 2. The molecule has 12 nitrogen and oxygen atoms in total. The summed E-state index contributed by atoms with van der Waals surface area (Å²) in [7, 11) is 1.49. The van der Waals surface area contributed by atoms with Crippen molar-refractivity contribution in [1.29, 1.82) is 0 Å². The van der Waals surface area contributed by atoms with Gasteiger partial charge in [-0.1, -0.05) is 108 Å². The highest BCUT2D eigenvalue weighted by atomic mass is 35.5. The molecule has 6 rings (SSSR count). The molecule has 6 aromatic rings. The predicted molar refractivity (Wildman–Crippen MR) is 217 cm³/mol. The Morgan fingerprint density at radius 2 is 1.31 bits per heavy atom. The van der Waals surface area contributed by atoms with E-state index in [9.17, 15) is 18.8 Å². The highest BCUT2D eigenvalue weighted by Gasteiger charge is 2.25. The number of hydrogen-bond donors (Lipinski definition) is 1. The number of aromatic nitrogens is 6. The second-order valence-corrected chi connectivity index (χ2v) is 14.8. The van der Waals surface area contributed by atoms with Crippen molar-refractivity contribution in [2.24, 2.45) is 0 Å². The third-order valence-corrected chi connectivity index (χ3v) is 10.5. The summed E-state index contributed by atoms with van der Waals surface area (Å²) in [6.07, 6.45) is 3.36. The van der Waals surface area contributed by atoms with E-state index in [1.54, 1.807) is 59.5 Å². The van der Waals surface area contributed by atoms with Crippen LogP contribution in [0.3, 0.4) is 0 Å². The maximum absolute atomic E-state index is 14.1. The first-order valence-electron chi connectivity index (χ1n) is 16.9. The molecule has 4 aromatic heterocycles. The van der Waals surface area contributed by atoms with Gasteiger partial charge >= 0.3 is 0 Å². The second-order valence-electron chi connectivity index (χ2n) is 11.7. The Morgan fingerprint density at radius 1 is 0.764 bits per heavy atom. The van der Waals surface area contributed by atoms with Crippen LogP contribution in [-0.2, 0) is 0 Å². The van der Waals surface area contributed by atoms with Crippen molar-refractivity contribution in [2.75, 3.05) is 30.0 Å². The van der Waals surface area contributed by atoms with Gasteiger partial charge in [0.15, 0.2) is 0 Å². The van der Waals surface area contributed by atoms with Gasteiger partial charge in [-0.15, -0.1) is 20.4 Å². The third-order valence-electron chi connectivity index (χ3n) is 7.74. The zero-order valence-electron chi connectivity index (χ0n) is 29.8. The number of H-pyrrole nitrogens is 1. The van der Waals surface area contributed by atoms with Gasteiger partial charge < -0.3 is 9.72 Å². The summed E-state index contributed by atoms with van der Waals surface area (Å²) in [5, 5.41) is 19.4. The molecule has 0 aliphatic carbocycles. The first-order valence-corrected chi connectivity index (χ1v) is 19.7. The van der Waals surface area contributed by atoms with Crippen molar-refractivity contribution in [3.8, 4) is 27.0 Å². The van der Waals surface area contributed by atoms with E-state index in [0.29, 0.717) is 61.0 Å². The first kappa shape index (κ1) is 41.4. The van der Waals surface area contributed by atoms with E-state index < -0.39 is 11.7 Å². The monoisotopic (exact) mass is 842 g/mol. The third kappa shape index (κ3) is 10.7. The number of amides is 2. The molecule has 0 spiro atoms. The van der Waals surface area contributed by atoms with Gasteiger partial charge in [0.25, 0.3) is 11.8 Å². The molecular weight excluding hydrogens is 810 g/mol. The number of halogens is 4. The lowest BCUT2D eigenvalue weighted by Crippen LogP contribution is -2.32. The Kier molecular flexibility index (Phi) is 14.8. The van der Waals surface area contributed by atoms with Crippen LogP contribution in [0.4, 0.5) is 14.7 Å². The van der Waals surface area contributed by atoms with Crippen LogP contribution in [0.1, 0.15) is 60.2 Å². The molecule has 1 N–H and O–H groups in total. The summed E-state index contributed by atoms with van der Waals surface area (Å²) >= 11 is 20.6. The molecule has 0 atom stereocenters. The molecule has 286 valence electrons. The Hall–Kier alpha value is -4.80. The van der Waals surface area contributed by atoms with E-state index in [0.717, 1.165) is 25.7 Å². The van der Waals surface area contributed by atoms with Crippen LogP contribution in [-0.4, -0.2) is 62.4 Å². The van der Waals surface area contributed by atoms with Gasteiger partial charge in [-0.3, -0.25) is 24.2 Å². The largest absolute Gasteiger partial charge is 0.481 e. The minimum Gasteiger partial charge on any atom is -0.481 e. The van der Waals surface area contributed by atoms with Gasteiger partial charge in [-0.05, 0) is 49.2 Å². The fourth-order valence-corrected chi connectivity index (χ4v) is 7.32. The minimum atomic E-state index is -0.565. The topological polar surface area (TPSA) is 147 Å². The molecule has 55 heavy (non-hydrogen) atoms. The normalized spacial score (nSPS) is 10.7. The number of benzene rings is 2. The number of nitrogens with one attached hydrogen (secondary N) is 1. The Morgan fingerprint density at radius 3 is 1.85 bits per heavy atom. The lowest BCUT2D eigenvalue weighted by Gasteiger charge is -2.19. The number of nitrogens with zero attached hydrogens (tertiary/aromatic N) is 7. The van der Waals surface area contributed by atoms with Crippen molar-refractivity contribution >= 4 is 79.6 Å². The summed E-state index contributed by atoms with van der Waals surface area (Å²) in [4.78, 5) is 47.1. The molecule has 0 fully saturated rings. The number of pyridine rings is 2. The summed E-state index contributed by atoms with van der Waals surface area (Å²) in [5.74, 6) is -0.894. The van der Waals surface area contributed by atoms with Crippen molar-refractivity contribution in [1.82, 2.24) is 30.4 Å². The molecule has 0 aliphatic heterocycles. The van der Waals surface area contributed by atoms with E-state index in [1.165, 1.54) is 52.9 Å². The van der Waals surface area contributed by atoms with Crippen LogP contribution in [0.5, 0.6) is 5.88 Å². The quantitative estimate of drug-likeness (QED) is 0.112. The second kappa shape index (κ2) is 19.7. The maximum atomic E-state index is 14.1. The van der Waals surface area contributed by atoms with Gasteiger partial charge in [-0.2, -0.15) is 0 Å². The Bertz CT molecular complexity index is 2320. The predicted octanol–water partition coefficient (Wildman–Crippen LogP) is 9.50. The highest BCUT2D eigenvalue weighted by Crippen LogP contribution is 2.33. The molecule has 18 heteroatoms. The number of unbranched alkanes of at least 4 members (excludes halogenated alkanes) is 2. The van der Waals surface area contributed by atoms with Gasteiger partial charge in [0.2, 0.25) is 21.7 Å². The highest BCUT2D eigenvalue weighted by molar-refractivity contribution is 7.19. The van der Waals surface area contributed by atoms with Crippen molar-refractivity contribution < 1.29 is 18.7 Å². The van der Waals surface area contributed by atoms with Gasteiger partial charge in [0.1, 0.15) is 26.1 Å². The summed E-state index contributed by atoms with van der Waals surface area (Å²) in [6.45, 7) is 4.97. The van der Waals surface area contributed by atoms with Gasteiger partial charge in [0, 0.05) is 36.3 Å². The molecular formula is C37H34Cl3FN8O4S2. The number of methoxy groups -OCH3 is 1. The fraction of sp³-hybridized carbons (Fsp3) is 0.243. The zero-order chi connectivity index (χ0) is 39.5. The summed E-state index contributed by atoms with van der Waals surface area (Å²) in [6, 6.07) is 19.1. The molecule has 0 aliphatic rings. The van der Waals surface area contributed by atoms with E-state index in [4.69, 9.17) is 39.5 Å². The number of aromatic amines is 1. The smallest absolute Gasteiger partial charge is 0.263 e. The van der Waals surface area contributed by atoms with Crippen molar-refractivity contribution in [2.45, 2.75) is 39.5 Å². The van der Waals surface area contributed by atoms with Crippen molar-refractivity contribution in [3.63, 3.8) is 0 Å². The van der Waals surface area contributed by atoms with Crippen LogP contribution in [0.2, 0.25) is 15.3 Å². The lowest BCUT2D eigenvalue weighted by molar-refractivity contribution is 0.0976. The van der Waals surface area contributed by atoms with E-state index in [-0.39, 0.29) is 27.3 Å². The Balaban J connectivity index is 0.000000211. The summed E-state index contributed by atoms with van der Waals surface area (Å²) < 4.78 is 19.2. The molecule has 4 heterocycles. The van der Waals surface area contributed by atoms with Crippen LogP contribution in [0.15, 0.2) is 77.6 Å². The standard InChI is InChI=1S/C19H18ClFN4O2S.C18H16Cl2N4O2S/c1-3-4-9-25(18(26)13-7-5-6-8-14(13)21)19-24-23-17(28-19)12-10-15(20)22-16(11-12)27-2;1-2-3-8-24(17(26)12-6-4-5-7-13(12)19)18-23-22-16(27-18)11-9-14(20)21-15(25)10-11/h5-8,10-11H,3-4,9H2,1-2H3;4-7,9-10H,2-3,8H2,1H3,(H,21,25). The lowest BCUT2D eigenvalue weighted by atomic mass is 10.2. The van der Waals surface area contributed by atoms with Crippen LogP contribution >= 0.6 is 57.5 Å². The molecule has 0 saturated carbocycles. The number of rotatable bonds is 13. The molecule has 2 aromatic carbocycles. The average Bonchev–Trinajstić information content (AvgIpc) is 3.87. The number of hydrogen-bond acceptors (Lipinski definition) is 11. The molecule has 2 amide bonds. The Labute approximate surface area is 338 Å². The van der Waals surface area contributed by atoms with Crippen molar-refractivity contribution in [3.05, 3.63) is 115 Å². The SMILES string of the molecule is CCCCN(C(=O)c1ccccc1Cl)c1nnc(-c2cc(Cl)[nH]c(=O)c2)s1.CCCCN(C(=O)c1ccccc1F)c1nnc(-c2cc(Cl)nc(OC)c2)s1. The van der Waals surface area contributed by atoms with Crippen LogP contribution in [0.25, 0.3) is 21.1 Å². The van der Waals surface area contributed by atoms with Crippen LogP contribution < -0.4 is 20.1 Å². The summed E-state index contributed by atoms with van der Waals surface area (Å²) in [5.41, 5.74) is 1.31. The number of carbonyl (C=O) groups is 2. The maximum Gasteiger partial charge on any atom is 0.263 e. The number of anilines is 2. The zero-order valence-corrected chi connectivity index (χ0v) is 33.7.